The van der Waals surface area contributed by atoms with Crippen LogP contribution in [0.5, 0.6) is 5.75 Å². The number of nitrogens with zero attached hydrogens (tertiary/aromatic N) is 2. The van der Waals surface area contributed by atoms with Crippen molar-refractivity contribution in [1.82, 2.24) is 15.1 Å². The van der Waals surface area contributed by atoms with E-state index in [2.05, 4.69) is 10.4 Å². The van der Waals surface area contributed by atoms with Crippen LogP contribution in [0.3, 0.4) is 0 Å². The van der Waals surface area contributed by atoms with E-state index in [9.17, 15) is 9.59 Å². The minimum atomic E-state index is -0.333. The zero-order chi connectivity index (χ0) is 16.9. The maximum absolute atomic E-state index is 12.2. The van der Waals surface area contributed by atoms with Gasteiger partial charge in [-0.15, -0.1) is 0 Å². The molecule has 0 aliphatic carbocycles. The van der Waals surface area contributed by atoms with Gasteiger partial charge in [-0.25, -0.2) is 4.68 Å². The molecule has 1 N–H and O–H groups in total. The zero-order valence-electron chi connectivity index (χ0n) is 13.4. The van der Waals surface area contributed by atoms with E-state index in [-0.39, 0.29) is 23.3 Å². The molecule has 0 saturated carbocycles. The second kappa shape index (κ2) is 7.27. The molecule has 1 aromatic heterocycles. The summed E-state index contributed by atoms with van der Waals surface area (Å²) in [6.07, 6.45) is 0.669. The quantitative estimate of drug-likeness (QED) is 0.840. The van der Waals surface area contributed by atoms with Crippen molar-refractivity contribution >= 4 is 5.91 Å². The Bertz CT molecular complexity index is 762. The summed E-state index contributed by atoms with van der Waals surface area (Å²) in [6.45, 7) is 1.04. The van der Waals surface area contributed by atoms with E-state index in [0.29, 0.717) is 19.7 Å². The molecular weight excluding hydrogens is 310 g/mol. The van der Waals surface area contributed by atoms with Crippen LogP contribution in [0.4, 0.5) is 0 Å². The summed E-state index contributed by atoms with van der Waals surface area (Å²) >= 11 is 0. The minimum Gasteiger partial charge on any atom is -0.488 e. The standard InChI is InChI=1S/C17H19N3O4/c1-23-9-8-20-16(21)7-6-14(19-20)17(22)18-11-13-10-12-4-2-3-5-15(12)24-13/h2-7,13H,8-11H2,1H3,(H,18,22)/t13-/m1/s1. The normalized spacial score (nSPS) is 15.6. The Kier molecular flexibility index (Phi) is 4.90. The van der Waals surface area contributed by atoms with Crippen molar-refractivity contribution in [1.29, 1.82) is 0 Å². The van der Waals surface area contributed by atoms with Crippen LogP contribution in [0.25, 0.3) is 0 Å². The van der Waals surface area contributed by atoms with E-state index in [4.69, 9.17) is 9.47 Å². The third kappa shape index (κ3) is 3.62. The average Bonchev–Trinajstić information content (AvgIpc) is 3.02. The number of methoxy groups -OCH3 is 1. The molecule has 0 saturated heterocycles. The molecule has 126 valence electrons. The van der Waals surface area contributed by atoms with E-state index in [0.717, 1.165) is 17.7 Å². The van der Waals surface area contributed by atoms with Crippen LogP contribution in [-0.2, 0) is 17.7 Å². The molecule has 7 nitrogen and oxygen atoms in total. The zero-order valence-corrected chi connectivity index (χ0v) is 13.4. The second-order valence-electron chi connectivity index (χ2n) is 5.53. The van der Waals surface area contributed by atoms with Gasteiger partial charge in [0.1, 0.15) is 17.5 Å². The number of carbonyl (C=O) groups excluding carboxylic acids is 1. The van der Waals surface area contributed by atoms with Crippen LogP contribution < -0.4 is 15.6 Å². The molecule has 7 heteroatoms. The van der Waals surface area contributed by atoms with Gasteiger partial charge in [0.2, 0.25) is 0 Å². The summed E-state index contributed by atoms with van der Waals surface area (Å²) in [5.74, 6) is 0.531. The summed E-state index contributed by atoms with van der Waals surface area (Å²) in [5, 5.41) is 6.87. The van der Waals surface area contributed by atoms with Gasteiger partial charge in [0.15, 0.2) is 0 Å². The Balaban J connectivity index is 1.59. The van der Waals surface area contributed by atoms with Gasteiger partial charge in [0.25, 0.3) is 11.5 Å². The third-order valence-electron chi connectivity index (χ3n) is 3.81. The van der Waals surface area contributed by atoms with Crippen molar-refractivity contribution in [2.75, 3.05) is 20.3 Å². The van der Waals surface area contributed by atoms with Crippen LogP contribution in [-0.4, -0.2) is 42.1 Å². The molecule has 0 spiro atoms. The van der Waals surface area contributed by atoms with E-state index in [1.807, 2.05) is 24.3 Å². The van der Waals surface area contributed by atoms with Gasteiger partial charge in [0, 0.05) is 19.6 Å². The Morgan fingerprint density at radius 2 is 2.21 bits per heavy atom. The number of benzene rings is 1. The Morgan fingerprint density at radius 3 is 3.00 bits per heavy atom. The number of hydrogen-bond acceptors (Lipinski definition) is 5. The molecule has 1 amide bonds. The highest BCUT2D eigenvalue weighted by molar-refractivity contribution is 5.92. The van der Waals surface area contributed by atoms with Gasteiger partial charge in [0.05, 0.1) is 19.7 Å². The SMILES string of the molecule is COCCn1nc(C(=O)NC[C@H]2Cc3ccccc3O2)ccc1=O. The largest absolute Gasteiger partial charge is 0.488 e. The number of amides is 1. The van der Waals surface area contributed by atoms with Gasteiger partial charge >= 0.3 is 0 Å². The molecule has 0 fully saturated rings. The summed E-state index contributed by atoms with van der Waals surface area (Å²) in [7, 11) is 1.54. The number of ether oxygens (including phenoxy) is 2. The minimum absolute atomic E-state index is 0.0919. The van der Waals surface area contributed by atoms with Gasteiger partial charge < -0.3 is 14.8 Å². The summed E-state index contributed by atoms with van der Waals surface area (Å²) in [4.78, 5) is 23.9. The number of rotatable bonds is 6. The average molecular weight is 329 g/mol. The lowest BCUT2D eigenvalue weighted by molar-refractivity contribution is 0.0925. The molecular formula is C17H19N3O4. The maximum atomic E-state index is 12.2. The first kappa shape index (κ1) is 16.2. The van der Waals surface area contributed by atoms with Crippen LogP contribution in [0, 0.1) is 0 Å². The van der Waals surface area contributed by atoms with Crippen LogP contribution in [0.15, 0.2) is 41.2 Å². The third-order valence-corrected chi connectivity index (χ3v) is 3.81. The highest BCUT2D eigenvalue weighted by atomic mass is 16.5. The van der Waals surface area contributed by atoms with Gasteiger partial charge in [-0.2, -0.15) is 5.10 Å². The molecule has 0 bridgehead atoms. The Hall–Kier alpha value is -2.67. The topological polar surface area (TPSA) is 82.5 Å². The van der Waals surface area contributed by atoms with Crippen LogP contribution in [0.2, 0.25) is 0 Å². The molecule has 24 heavy (non-hydrogen) atoms. The van der Waals surface area contributed by atoms with E-state index in [1.54, 1.807) is 7.11 Å². The fourth-order valence-corrected chi connectivity index (χ4v) is 2.57. The number of para-hydroxylation sites is 1. The molecule has 3 rings (SSSR count). The predicted molar refractivity (Wildman–Crippen MR) is 87.3 cm³/mol. The van der Waals surface area contributed by atoms with Crippen molar-refractivity contribution in [3.8, 4) is 5.75 Å². The Morgan fingerprint density at radius 1 is 1.38 bits per heavy atom. The van der Waals surface area contributed by atoms with Crippen molar-refractivity contribution in [2.24, 2.45) is 0 Å². The molecule has 2 aromatic rings. The van der Waals surface area contributed by atoms with Crippen LogP contribution >= 0.6 is 0 Å². The molecule has 1 aliphatic heterocycles. The predicted octanol–water partition coefficient (Wildman–Crippen LogP) is 0.623. The van der Waals surface area contributed by atoms with E-state index in [1.165, 1.54) is 16.8 Å². The summed E-state index contributed by atoms with van der Waals surface area (Å²) in [5.41, 5.74) is 1.07. The molecule has 0 radical (unpaired) electrons. The van der Waals surface area contributed by atoms with Crippen molar-refractivity contribution < 1.29 is 14.3 Å². The lowest BCUT2D eigenvalue weighted by Gasteiger charge is -2.12. The molecule has 1 atom stereocenters. The maximum Gasteiger partial charge on any atom is 0.271 e. The molecule has 1 aliphatic rings. The number of fused-ring (bicyclic) bond motifs is 1. The van der Waals surface area contributed by atoms with Gasteiger partial charge in [-0.05, 0) is 17.7 Å². The number of nitrogens with one attached hydrogen (secondary N) is 1. The Labute approximate surface area is 139 Å². The highest BCUT2D eigenvalue weighted by Crippen LogP contribution is 2.27. The van der Waals surface area contributed by atoms with Crippen molar-refractivity contribution in [3.05, 3.63) is 58.0 Å². The van der Waals surface area contributed by atoms with Crippen LogP contribution in [0.1, 0.15) is 16.1 Å². The van der Waals surface area contributed by atoms with Crippen molar-refractivity contribution in [3.63, 3.8) is 0 Å². The fraction of sp³-hybridized carbons (Fsp3) is 0.353. The monoisotopic (exact) mass is 329 g/mol. The number of carbonyl (C=O) groups is 1. The first-order valence-electron chi connectivity index (χ1n) is 7.77. The molecule has 1 aromatic carbocycles. The second-order valence-corrected chi connectivity index (χ2v) is 5.53. The van der Waals surface area contributed by atoms with E-state index < -0.39 is 0 Å². The van der Waals surface area contributed by atoms with Gasteiger partial charge in [-0.1, -0.05) is 18.2 Å². The highest BCUT2D eigenvalue weighted by Gasteiger charge is 2.23. The van der Waals surface area contributed by atoms with Gasteiger partial charge in [-0.3, -0.25) is 9.59 Å². The lowest BCUT2D eigenvalue weighted by atomic mass is 10.1. The lowest BCUT2D eigenvalue weighted by Crippen LogP contribution is -2.36. The smallest absolute Gasteiger partial charge is 0.271 e. The molecule has 2 heterocycles. The molecule has 0 unspecified atom stereocenters. The fourth-order valence-electron chi connectivity index (χ4n) is 2.57. The summed E-state index contributed by atoms with van der Waals surface area (Å²) < 4.78 is 11.9. The van der Waals surface area contributed by atoms with E-state index >= 15 is 0 Å². The first-order valence-corrected chi connectivity index (χ1v) is 7.77. The summed E-state index contributed by atoms with van der Waals surface area (Å²) in [6, 6.07) is 10.6. The number of aromatic nitrogens is 2. The first-order chi connectivity index (χ1) is 11.7. The van der Waals surface area contributed by atoms with Crippen molar-refractivity contribution in [2.45, 2.75) is 19.1 Å². The number of hydrogen-bond donors (Lipinski definition) is 1.